The second-order valence-electron chi connectivity index (χ2n) is 6.01. The fourth-order valence-electron chi connectivity index (χ4n) is 1.72. The van der Waals surface area contributed by atoms with Crippen molar-refractivity contribution in [3.63, 3.8) is 0 Å². The Morgan fingerprint density at radius 2 is 1.72 bits per heavy atom. The van der Waals surface area contributed by atoms with Gasteiger partial charge in [0, 0.05) is 7.05 Å². The summed E-state index contributed by atoms with van der Waals surface area (Å²) in [7, 11) is 1.48. The van der Waals surface area contributed by atoms with Crippen LogP contribution in [0.3, 0.4) is 0 Å². The van der Waals surface area contributed by atoms with Crippen molar-refractivity contribution in [1.29, 1.82) is 0 Å². The lowest BCUT2D eigenvalue weighted by Crippen LogP contribution is -2.34. The predicted molar refractivity (Wildman–Crippen MR) is 93.0 cm³/mol. The molecule has 0 N–H and O–H groups in total. The number of amides is 1. The number of ether oxygens (including phenoxy) is 3. The fourth-order valence-corrected chi connectivity index (χ4v) is 2.64. The third-order valence-electron chi connectivity index (χ3n) is 2.72. The van der Waals surface area contributed by atoms with Gasteiger partial charge < -0.3 is 14.2 Å². The summed E-state index contributed by atoms with van der Waals surface area (Å²) < 4.78 is 15.2. The molecule has 1 amide bonds. The Balaban J connectivity index is 3.10. The minimum atomic E-state index is -0.666. The Morgan fingerprint density at radius 1 is 1.12 bits per heavy atom. The van der Waals surface area contributed by atoms with E-state index >= 15 is 0 Å². The topological polar surface area (TPSA) is 95.0 Å². The van der Waals surface area contributed by atoms with Crippen LogP contribution in [0.25, 0.3) is 0 Å². The van der Waals surface area contributed by atoms with E-state index in [1.165, 1.54) is 11.9 Å². The van der Waals surface area contributed by atoms with Crippen molar-refractivity contribution in [2.45, 2.75) is 46.6 Å². The maximum atomic E-state index is 12.2. The molecule has 0 fully saturated rings. The van der Waals surface area contributed by atoms with Crippen LogP contribution in [0.2, 0.25) is 0 Å². The first-order valence-electron chi connectivity index (χ1n) is 7.88. The van der Waals surface area contributed by atoms with Crippen LogP contribution in [0.5, 0.6) is 0 Å². The number of hydrogen-bond donors (Lipinski definition) is 0. The predicted octanol–water partition coefficient (Wildman–Crippen LogP) is 2.80. The van der Waals surface area contributed by atoms with Gasteiger partial charge in [0.1, 0.15) is 10.5 Å². The molecule has 25 heavy (non-hydrogen) atoms. The highest BCUT2D eigenvalue weighted by Gasteiger charge is 2.27. The maximum absolute atomic E-state index is 12.2. The number of rotatable bonds is 6. The fraction of sp³-hybridized carbons (Fsp3) is 0.625. The highest BCUT2D eigenvalue weighted by Crippen LogP contribution is 2.28. The molecule has 0 aliphatic carbocycles. The summed E-state index contributed by atoms with van der Waals surface area (Å²) in [6.07, 6.45) is -0.792. The van der Waals surface area contributed by atoms with Crippen molar-refractivity contribution in [2.75, 3.05) is 25.2 Å². The number of hydrogen-bond acceptors (Lipinski definition) is 8. The van der Waals surface area contributed by atoms with Crippen LogP contribution in [0.15, 0.2) is 0 Å². The Morgan fingerprint density at radius 3 is 2.24 bits per heavy atom. The third-order valence-corrected chi connectivity index (χ3v) is 3.87. The van der Waals surface area contributed by atoms with Crippen molar-refractivity contribution in [3.8, 4) is 0 Å². The smallest absolute Gasteiger partial charge is 0.416 e. The minimum Gasteiger partial charge on any atom is -0.466 e. The van der Waals surface area contributed by atoms with Crippen LogP contribution in [0, 0.1) is 0 Å². The van der Waals surface area contributed by atoms with Crippen molar-refractivity contribution in [1.82, 2.24) is 4.98 Å². The first kappa shape index (κ1) is 20.9. The minimum absolute atomic E-state index is 0.167. The van der Waals surface area contributed by atoms with Crippen molar-refractivity contribution < 1.29 is 28.6 Å². The molecule has 1 aromatic heterocycles. The number of anilines is 1. The molecule has 140 valence electrons. The highest BCUT2D eigenvalue weighted by atomic mass is 32.1. The lowest BCUT2D eigenvalue weighted by molar-refractivity contribution is -0.142. The number of esters is 2. The highest BCUT2D eigenvalue weighted by molar-refractivity contribution is 7.17. The largest absolute Gasteiger partial charge is 0.466 e. The summed E-state index contributed by atoms with van der Waals surface area (Å²) >= 11 is 0.962. The molecular formula is C16H24N2O6S. The zero-order valence-corrected chi connectivity index (χ0v) is 16.2. The number of nitrogens with zero attached hydrogens (tertiary/aromatic N) is 2. The van der Waals surface area contributed by atoms with Gasteiger partial charge >= 0.3 is 18.0 Å². The Bertz CT molecular complexity index is 635. The van der Waals surface area contributed by atoms with Crippen molar-refractivity contribution in [3.05, 3.63) is 10.6 Å². The third kappa shape index (κ3) is 6.33. The Labute approximate surface area is 151 Å². The van der Waals surface area contributed by atoms with E-state index in [-0.39, 0.29) is 35.3 Å². The Hall–Kier alpha value is -2.16. The zero-order valence-electron chi connectivity index (χ0n) is 15.4. The molecule has 0 unspecified atom stereocenters. The second kappa shape index (κ2) is 8.80. The van der Waals surface area contributed by atoms with Crippen LogP contribution >= 0.6 is 11.3 Å². The van der Waals surface area contributed by atoms with Gasteiger partial charge in [0.05, 0.1) is 25.3 Å². The maximum Gasteiger partial charge on any atom is 0.416 e. The van der Waals surface area contributed by atoms with Gasteiger partial charge in [-0.3, -0.25) is 9.69 Å². The molecule has 1 heterocycles. The van der Waals surface area contributed by atoms with Gasteiger partial charge in [-0.15, -0.1) is 0 Å². The van der Waals surface area contributed by atoms with Crippen LogP contribution in [-0.4, -0.2) is 48.9 Å². The van der Waals surface area contributed by atoms with E-state index in [9.17, 15) is 14.4 Å². The van der Waals surface area contributed by atoms with Crippen molar-refractivity contribution >= 4 is 34.5 Å². The molecule has 0 aliphatic rings. The van der Waals surface area contributed by atoms with Gasteiger partial charge in [0.2, 0.25) is 0 Å². The summed E-state index contributed by atoms with van der Waals surface area (Å²) in [4.78, 5) is 41.6. The van der Waals surface area contributed by atoms with Gasteiger partial charge in [-0.1, -0.05) is 11.3 Å². The van der Waals surface area contributed by atoms with Gasteiger partial charge in [-0.2, -0.15) is 0 Å². The standard InChI is InChI=1S/C16H24N2O6S/c1-7-22-11(19)9-10-12(13(20)23-8-2)25-14(17-10)18(6)15(21)24-16(3,4)5/h7-9H2,1-6H3. The van der Waals surface area contributed by atoms with Gasteiger partial charge in [0.15, 0.2) is 5.13 Å². The van der Waals surface area contributed by atoms with Gasteiger partial charge in [0.25, 0.3) is 0 Å². The molecule has 1 rings (SSSR count). The summed E-state index contributed by atoms with van der Waals surface area (Å²) in [5.74, 6) is -1.10. The summed E-state index contributed by atoms with van der Waals surface area (Å²) in [5.41, 5.74) is -0.451. The first-order valence-corrected chi connectivity index (χ1v) is 8.69. The summed E-state index contributed by atoms with van der Waals surface area (Å²) in [5, 5.41) is 0.233. The van der Waals surface area contributed by atoms with Crippen LogP contribution < -0.4 is 4.90 Å². The quantitative estimate of drug-likeness (QED) is 0.560. The summed E-state index contributed by atoms with van der Waals surface area (Å²) in [6.45, 7) is 9.02. The molecule has 0 radical (unpaired) electrons. The molecule has 0 aromatic carbocycles. The zero-order chi connectivity index (χ0) is 19.2. The number of thiazole rings is 1. The van der Waals surface area contributed by atoms with E-state index < -0.39 is 23.6 Å². The van der Waals surface area contributed by atoms with E-state index in [0.29, 0.717) is 0 Å². The van der Waals surface area contributed by atoms with Gasteiger partial charge in [-0.05, 0) is 34.6 Å². The first-order chi connectivity index (χ1) is 11.6. The number of aromatic nitrogens is 1. The lowest BCUT2D eigenvalue weighted by Gasteiger charge is -2.23. The lowest BCUT2D eigenvalue weighted by atomic mass is 10.2. The molecule has 9 heteroatoms. The van der Waals surface area contributed by atoms with E-state index in [4.69, 9.17) is 14.2 Å². The molecule has 0 saturated heterocycles. The molecule has 0 aliphatic heterocycles. The molecule has 0 bridgehead atoms. The van der Waals surface area contributed by atoms with Gasteiger partial charge in [-0.25, -0.2) is 14.6 Å². The monoisotopic (exact) mass is 372 g/mol. The average molecular weight is 372 g/mol. The Kier molecular flexibility index (Phi) is 7.35. The van der Waals surface area contributed by atoms with Crippen LogP contribution in [0.4, 0.5) is 9.93 Å². The SMILES string of the molecule is CCOC(=O)Cc1nc(N(C)C(=O)OC(C)(C)C)sc1C(=O)OCC. The number of carbonyl (C=O) groups is 3. The van der Waals surface area contributed by atoms with E-state index in [1.807, 2.05) is 0 Å². The molecule has 1 aromatic rings. The second-order valence-corrected chi connectivity index (χ2v) is 6.99. The average Bonchev–Trinajstić information content (AvgIpc) is 2.89. The molecule has 8 nitrogen and oxygen atoms in total. The summed E-state index contributed by atoms with van der Waals surface area (Å²) in [6, 6.07) is 0. The normalized spacial score (nSPS) is 11.0. The molecule has 0 saturated carbocycles. The van der Waals surface area contributed by atoms with Crippen molar-refractivity contribution in [2.24, 2.45) is 0 Å². The van der Waals surface area contributed by atoms with E-state index in [1.54, 1.807) is 34.6 Å². The van der Waals surface area contributed by atoms with E-state index in [2.05, 4.69) is 4.98 Å². The van der Waals surface area contributed by atoms with Crippen LogP contribution in [-0.2, 0) is 25.4 Å². The van der Waals surface area contributed by atoms with E-state index in [0.717, 1.165) is 11.3 Å². The number of carbonyl (C=O) groups excluding carboxylic acids is 3. The molecular weight excluding hydrogens is 348 g/mol. The molecule has 0 spiro atoms. The van der Waals surface area contributed by atoms with Crippen LogP contribution in [0.1, 0.15) is 50.0 Å². The molecule has 0 atom stereocenters.